The van der Waals surface area contributed by atoms with Crippen molar-refractivity contribution in [2.45, 2.75) is 44.1 Å². The van der Waals surface area contributed by atoms with Crippen LogP contribution in [0.25, 0.3) is 0 Å². The van der Waals surface area contributed by atoms with Gasteiger partial charge in [-0.05, 0) is 50.8 Å². The second-order valence-electron chi connectivity index (χ2n) is 6.29. The molecule has 1 aromatic rings. The molecule has 3 amide bonds. The molecule has 1 aliphatic heterocycles. The Kier molecular flexibility index (Phi) is 2.80. The lowest BCUT2D eigenvalue weighted by Gasteiger charge is -2.35. The number of anilines is 1. The van der Waals surface area contributed by atoms with Crippen LogP contribution in [0.4, 0.5) is 10.5 Å². The second kappa shape index (κ2) is 4.32. The second-order valence-corrected chi connectivity index (χ2v) is 6.29. The Bertz CT molecular complexity index is 651. The minimum atomic E-state index is -0.877. The minimum Gasteiger partial charge on any atom is -0.323 e. The molecule has 21 heavy (non-hydrogen) atoms. The van der Waals surface area contributed by atoms with Crippen molar-refractivity contribution in [1.29, 1.82) is 5.26 Å². The smallest absolute Gasteiger partial charge is 0.323 e. The lowest BCUT2D eigenvalue weighted by atomic mass is 9.65. The molecule has 0 unspecified atom stereocenters. The van der Waals surface area contributed by atoms with Crippen molar-refractivity contribution in [1.82, 2.24) is 5.32 Å². The van der Waals surface area contributed by atoms with E-state index in [4.69, 9.17) is 0 Å². The number of nitriles is 1. The van der Waals surface area contributed by atoms with Gasteiger partial charge >= 0.3 is 6.03 Å². The molecule has 3 rings (SSSR count). The number of nitrogens with zero attached hydrogens (tertiary/aromatic N) is 2. The van der Waals surface area contributed by atoms with Gasteiger partial charge < -0.3 is 5.32 Å². The molecule has 0 spiro atoms. The van der Waals surface area contributed by atoms with Crippen LogP contribution in [-0.4, -0.2) is 17.5 Å². The van der Waals surface area contributed by atoms with E-state index in [0.29, 0.717) is 5.69 Å². The summed E-state index contributed by atoms with van der Waals surface area (Å²) in [6.45, 7) is 3.36. The topological polar surface area (TPSA) is 73.2 Å². The van der Waals surface area contributed by atoms with E-state index in [1.165, 1.54) is 0 Å². The van der Waals surface area contributed by atoms with E-state index >= 15 is 0 Å². The molecule has 0 aromatic heterocycles. The quantitative estimate of drug-likeness (QED) is 0.847. The number of imide groups is 1. The highest BCUT2D eigenvalue weighted by molar-refractivity contribution is 6.23. The molecule has 1 heterocycles. The van der Waals surface area contributed by atoms with Crippen LogP contribution in [-0.2, 0) is 10.2 Å². The fraction of sp³-hybridized carbons (Fsp3) is 0.438. The van der Waals surface area contributed by atoms with Crippen LogP contribution in [0.3, 0.4) is 0 Å². The molecule has 1 saturated carbocycles. The monoisotopic (exact) mass is 283 g/mol. The molecule has 0 atom stereocenters. The number of hydrogen-bond acceptors (Lipinski definition) is 3. The van der Waals surface area contributed by atoms with Crippen LogP contribution in [0.15, 0.2) is 24.3 Å². The van der Waals surface area contributed by atoms with Gasteiger partial charge in [-0.3, -0.25) is 4.79 Å². The Labute approximate surface area is 123 Å². The van der Waals surface area contributed by atoms with Gasteiger partial charge in [0.05, 0.1) is 17.2 Å². The average Bonchev–Trinajstić information content (AvgIpc) is 2.59. The maximum Gasteiger partial charge on any atom is 0.329 e. The number of carbonyl (C=O) groups is 2. The predicted octanol–water partition coefficient (Wildman–Crippen LogP) is 2.47. The Balaban J connectivity index is 1.91. The third kappa shape index (κ3) is 1.90. The minimum absolute atomic E-state index is 0.265. The summed E-state index contributed by atoms with van der Waals surface area (Å²) in [7, 11) is 0. The van der Waals surface area contributed by atoms with Crippen molar-refractivity contribution < 1.29 is 9.59 Å². The fourth-order valence-corrected chi connectivity index (χ4v) is 2.91. The van der Waals surface area contributed by atoms with Crippen LogP contribution >= 0.6 is 0 Å². The highest BCUT2D eigenvalue weighted by atomic mass is 16.2. The zero-order valence-corrected chi connectivity index (χ0v) is 12.1. The molecule has 1 aliphatic carbocycles. The van der Waals surface area contributed by atoms with Crippen molar-refractivity contribution in [3.63, 3.8) is 0 Å². The van der Waals surface area contributed by atoms with E-state index in [1.54, 1.807) is 26.0 Å². The van der Waals surface area contributed by atoms with Gasteiger partial charge in [0.1, 0.15) is 5.54 Å². The highest BCUT2D eigenvalue weighted by Gasteiger charge is 2.45. The zero-order valence-electron chi connectivity index (χ0n) is 12.1. The van der Waals surface area contributed by atoms with E-state index in [1.807, 2.05) is 12.1 Å². The maximum absolute atomic E-state index is 12.2. The summed E-state index contributed by atoms with van der Waals surface area (Å²) in [6, 6.07) is 9.17. The first-order valence-electron chi connectivity index (χ1n) is 7.08. The zero-order chi connectivity index (χ0) is 15.3. The fourth-order valence-electron chi connectivity index (χ4n) is 2.91. The molecule has 0 bridgehead atoms. The molecular weight excluding hydrogens is 266 g/mol. The van der Waals surface area contributed by atoms with Crippen molar-refractivity contribution in [2.75, 3.05) is 4.90 Å². The summed E-state index contributed by atoms with van der Waals surface area (Å²) in [5.74, 6) is -0.265. The maximum atomic E-state index is 12.2. The summed E-state index contributed by atoms with van der Waals surface area (Å²) in [5.41, 5.74) is 0.248. The van der Waals surface area contributed by atoms with Gasteiger partial charge in [-0.25, -0.2) is 9.69 Å². The lowest BCUT2D eigenvalue weighted by molar-refractivity contribution is -0.121. The van der Waals surface area contributed by atoms with Crippen molar-refractivity contribution in [3.8, 4) is 6.07 Å². The Morgan fingerprint density at radius 2 is 1.81 bits per heavy atom. The van der Waals surface area contributed by atoms with Crippen molar-refractivity contribution in [2.24, 2.45) is 0 Å². The van der Waals surface area contributed by atoms with E-state index in [-0.39, 0.29) is 11.3 Å². The van der Waals surface area contributed by atoms with Crippen LogP contribution < -0.4 is 10.2 Å². The van der Waals surface area contributed by atoms with Crippen LogP contribution in [0.2, 0.25) is 0 Å². The number of urea groups is 1. The van der Waals surface area contributed by atoms with Gasteiger partial charge in [-0.1, -0.05) is 12.1 Å². The third-order valence-corrected chi connectivity index (χ3v) is 4.46. The first-order chi connectivity index (χ1) is 9.89. The van der Waals surface area contributed by atoms with Gasteiger partial charge in [-0.15, -0.1) is 0 Å². The Hall–Kier alpha value is -2.35. The molecule has 0 radical (unpaired) electrons. The van der Waals surface area contributed by atoms with Crippen LogP contribution in [0.1, 0.15) is 38.7 Å². The predicted molar refractivity (Wildman–Crippen MR) is 77.7 cm³/mol. The molecule has 1 aromatic carbocycles. The number of nitrogens with one attached hydrogen (secondary N) is 1. The van der Waals surface area contributed by atoms with Gasteiger partial charge in [-0.2, -0.15) is 5.26 Å². The number of amides is 3. The van der Waals surface area contributed by atoms with Crippen LogP contribution in [0, 0.1) is 11.3 Å². The largest absolute Gasteiger partial charge is 0.329 e. The number of carbonyl (C=O) groups excluding carboxylic acids is 2. The average molecular weight is 283 g/mol. The number of rotatable bonds is 2. The van der Waals surface area contributed by atoms with E-state index < -0.39 is 11.6 Å². The van der Waals surface area contributed by atoms with Gasteiger partial charge in [0.2, 0.25) is 0 Å². The number of benzene rings is 1. The Morgan fingerprint density at radius 1 is 1.19 bits per heavy atom. The summed E-state index contributed by atoms with van der Waals surface area (Å²) >= 11 is 0. The summed E-state index contributed by atoms with van der Waals surface area (Å²) in [4.78, 5) is 25.3. The molecule has 5 nitrogen and oxygen atoms in total. The summed E-state index contributed by atoms with van der Waals surface area (Å²) < 4.78 is 0. The summed E-state index contributed by atoms with van der Waals surface area (Å²) in [6.07, 6.45) is 2.81. The highest BCUT2D eigenvalue weighted by Crippen LogP contribution is 2.43. The Morgan fingerprint density at radius 3 is 2.19 bits per heavy atom. The van der Waals surface area contributed by atoms with Gasteiger partial charge in [0.25, 0.3) is 5.91 Å². The summed E-state index contributed by atoms with van der Waals surface area (Å²) in [5, 5.41) is 12.0. The first-order valence-corrected chi connectivity index (χ1v) is 7.08. The van der Waals surface area contributed by atoms with E-state index in [9.17, 15) is 14.9 Å². The molecule has 2 fully saturated rings. The number of hydrogen-bond donors (Lipinski definition) is 1. The standard InChI is InChI=1S/C16H17N3O2/c1-15(2)13(20)19(14(21)18-15)12-6-4-11(5-7-12)16(10-17)8-3-9-16/h4-7H,3,8-9H2,1-2H3,(H,18,21). The normalized spacial score (nSPS) is 22.4. The third-order valence-electron chi connectivity index (χ3n) is 4.46. The SMILES string of the molecule is CC1(C)NC(=O)N(c2ccc(C3(C#N)CCC3)cc2)C1=O. The van der Waals surface area contributed by atoms with E-state index in [2.05, 4.69) is 11.4 Å². The van der Waals surface area contributed by atoms with Crippen molar-refractivity contribution >= 4 is 17.6 Å². The molecule has 108 valence electrons. The van der Waals surface area contributed by atoms with Crippen LogP contribution in [0.5, 0.6) is 0 Å². The molecule has 2 aliphatic rings. The van der Waals surface area contributed by atoms with Gasteiger partial charge in [0, 0.05) is 0 Å². The van der Waals surface area contributed by atoms with Crippen molar-refractivity contribution in [3.05, 3.63) is 29.8 Å². The lowest BCUT2D eigenvalue weighted by Crippen LogP contribution is -2.40. The molecule has 1 saturated heterocycles. The van der Waals surface area contributed by atoms with Gasteiger partial charge in [0.15, 0.2) is 0 Å². The molecule has 5 heteroatoms. The first kappa shape index (κ1) is 13.6. The molecular formula is C16H17N3O2. The molecule has 1 N–H and O–H groups in total. The van der Waals surface area contributed by atoms with E-state index in [0.717, 1.165) is 29.7 Å².